The molecule has 2 heterocycles. The normalized spacial score (nSPS) is 20.2. The van der Waals surface area contributed by atoms with Crippen molar-refractivity contribution in [3.8, 4) is 0 Å². The quantitative estimate of drug-likeness (QED) is 0.750. The lowest BCUT2D eigenvalue weighted by atomic mass is 9.86. The number of nitrogens with zero attached hydrogens (tertiary/aromatic N) is 3. The summed E-state index contributed by atoms with van der Waals surface area (Å²) in [5.41, 5.74) is -0.182. The minimum Gasteiger partial charge on any atom is -0.346 e. The first-order chi connectivity index (χ1) is 9.17. The number of rotatable bonds is 6. The number of piperazine rings is 1. The number of thiazole rings is 1. The molecule has 5 heteroatoms. The third kappa shape index (κ3) is 3.76. The van der Waals surface area contributed by atoms with E-state index in [0.717, 1.165) is 57.0 Å². The van der Waals surface area contributed by atoms with Crippen molar-refractivity contribution in [2.75, 3.05) is 37.6 Å². The van der Waals surface area contributed by atoms with Crippen molar-refractivity contribution in [3.05, 3.63) is 11.6 Å². The van der Waals surface area contributed by atoms with Gasteiger partial charge in [-0.25, -0.2) is 4.98 Å². The Kier molecular flexibility index (Phi) is 4.93. The molecule has 2 rings (SSSR count). The van der Waals surface area contributed by atoms with Gasteiger partial charge in [-0.3, -0.25) is 4.90 Å². The molecule has 1 aliphatic heterocycles. The summed E-state index contributed by atoms with van der Waals surface area (Å²) in [7, 11) is 0. The molecule has 1 unspecified atom stereocenters. The SMILES string of the molecule is CCCC(C)(C=O)CN1CCN(c2nccs2)CC1. The molecule has 1 aliphatic rings. The predicted molar refractivity (Wildman–Crippen MR) is 79.8 cm³/mol. The molecule has 0 bridgehead atoms. The van der Waals surface area contributed by atoms with E-state index >= 15 is 0 Å². The summed E-state index contributed by atoms with van der Waals surface area (Å²) in [6, 6.07) is 0. The van der Waals surface area contributed by atoms with E-state index in [4.69, 9.17) is 0 Å². The maximum atomic E-state index is 11.3. The van der Waals surface area contributed by atoms with Crippen molar-refractivity contribution in [1.82, 2.24) is 9.88 Å². The molecule has 1 fully saturated rings. The first-order valence-electron chi connectivity index (χ1n) is 7.00. The van der Waals surface area contributed by atoms with Crippen molar-refractivity contribution in [1.29, 1.82) is 0 Å². The fourth-order valence-corrected chi connectivity index (χ4v) is 3.42. The topological polar surface area (TPSA) is 36.4 Å². The van der Waals surface area contributed by atoms with Crippen molar-refractivity contribution >= 4 is 22.8 Å². The van der Waals surface area contributed by atoms with Crippen LogP contribution in [0.4, 0.5) is 5.13 Å². The Labute approximate surface area is 119 Å². The van der Waals surface area contributed by atoms with Gasteiger partial charge < -0.3 is 9.69 Å². The van der Waals surface area contributed by atoms with Crippen LogP contribution >= 0.6 is 11.3 Å². The van der Waals surface area contributed by atoms with Crippen molar-refractivity contribution in [3.63, 3.8) is 0 Å². The summed E-state index contributed by atoms with van der Waals surface area (Å²) >= 11 is 1.70. The van der Waals surface area contributed by atoms with Gasteiger partial charge in [-0.2, -0.15) is 0 Å². The van der Waals surface area contributed by atoms with Gasteiger partial charge in [-0.1, -0.05) is 20.3 Å². The van der Waals surface area contributed by atoms with E-state index in [1.165, 1.54) is 0 Å². The number of aldehydes is 1. The molecule has 1 aromatic heterocycles. The van der Waals surface area contributed by atoms with Crippen LogP contribution in [-0.2, 0) is 4.79 Å². The highest BCUT2D eigenvalue weighted by atomic mass is 32.1. The fraction of sp³-hybridized carbons (Fsp3) is 0.714. The standard InChI is InChI=1S/C14H23N3OS/c1-3-4-14(2,12-18)11-16-6-8-17(9-7-16)13-15-5-10-19-13/h5,10,12H,3-4,6-9,11H2,1-2H3. The summed E-state index contributed by atoms with van der Waals surface area (Å²) in [6.07, 6.45) is 5.04. The zero-order valence-electron chi connectivity index (χ0n) is 11.8. The van der Waals surface area contributed by atoms with Crippen LogP contribution in [0.2, 0.25) is 0 Å². The second-order valence-electron chi connectivity index (χ2n) is 5.60. The highest BCUT2D eigenvalue weighted by Gasteiger charge is 2.28. The van der Waals surface area contributed by atoms with Crippen LogP contribution in [0.25, 0.3) is 0 Å². The summed E-state index contributed by atoms with van der Waals surface area (Å²) < 4.78 is 0. The molecule has 4 nitrogen and oxygen atoms in total. The summed E-state index contributed by atoms with van der Waals surface area (Å²) in [5.74, 6) is 0. The number of carbonyl (C=O) groups excluding carboxylic acids is 1. The van der Waals surface area contributed by atoms with Gasteiger partial charge in [0, 0.05) is 49.7 Å². The van der Waals surface area contributed by atoms with E-state index in [9.17, 15) is 4.79 Å². The summed E-state index contributed by atoms with van der Waals surface area (Å²) in [6.45, 7) is 9.16. The number of carbonyl (C=O) groups is 1. The second-order valence-corrected chi connectivity index (χ2v) is 6.47. The molecule has 0 aromatic carbocycles. The number of anilines is 1. The number of hydrogen-bond donors (Lipinski definition) is 0. The van der Waals surface area contributed by atoms with Crippen LogP contribution in [0.1, 0.15) is 26.7 Å². The lowest BCUT2D eigenvalue weighted by Gasteiger charge is -2.38. The average molecular weight is 281 g/mol. The van der Waals surface area contributed by atoms with Gasteiger partial charge >= 0.3 is 0 Å². The van der Waals surface area contributed by atoms with Gasteiger partial charge in [0.05, 0.1) is 0 Å². The lowest BCUT2D eigenvalue weighted by molar-refractivity contribution is -0.116. The first kappa shape index (κ1) is 14.5. The Morgan fingerprint density at radius 3 is 2.68 bits per heavy atom. The number of hydrogen-bond acceptors (Lipinski definition) is 5. The van der Waals surface area contributed by atoms with E-state index in [-0.39, 0.29) is 5.41 Å². The van der Waals surface area contributed by atoms with Crippen LogP contribution < -0.4 is 4.90 Å². The zero-order valence-corrected chi connectivity index (χ0v) is 12.7. The average Bonchev–Trinajstić information content (AvgIpc) is 2.94. The minimum absolute atomic E-state index is 0.182. The second kappa shape index (κ2) is 6.48. The van der Waals surface area contributed by atoms with Gasteiger partial charge in [-0.15, -0.1) is 11.3 Å². The molecule has 0 amide bonds. The van der Waals surface area contributed by atoms with E-state index in [1.54, 1.807) is 11.3 Å². The monoisotopic (exact) mass is 281 g/mol. The van der Waals surface area contributed by atoms with Gasteiger partial charge in [0.15, 0.2) is 5.13 Å². The summed E-state index contributed by atoms with van der Waals surface area (Å²) in [5, 5.41) is 3.14. The van der Waals surface area contributed by atoms with Crippen LogP contribution in [-0.4, -0.2) is 48.9 Å². The van der Waals surface area contributed by atoms with E-state index in [0.29, 0.717) is 0 Å². The fourth-order valence-electron chi connectivity index (χ4n) is 2.73. The maximum Gasteiger partial charge on any atom is 0.185 e. The molecule has 19 heavy (non-hydrogen) atoms. The van der Waals surface area contributed by atoms with Gasteiger partial charge in [-0.05, 0) is 6.42 Å². The minimum atomic E-state index is -0.182. The third-order valence-electron chi connectivity index (χ3n) is 3.75. The van der Waals surface area contributed by atoms with Gasteiger partial charge in [0.2, 0.25) is 0 Å². The predicted octanol–water partition coefficient (Wildman–Crippen LogP) is 2.27. The Bertz CT molecular complexity index is 387. The largest absolute Gasteiger partial charge is 0.346 e. The highest BCUT2D eigenvalue weighted by molar-refractivity contribution is 7.13. The zero-order chi connectivity index (χ0) is 13.7. The molecule has 0 radical (unpaired) electrons. The molecule has 0 saturated carbocycles. The van der Waals surface area contributed by atoms with Crippen molar-refractivity contribution in [2.24, 2.45) is 5.41 Å². The van der Waals surface area contributed by atoms with Crippen molar-refractivity contribution in [2.45, 2.75) is 26.7 Å². The van der Waals surface area contributed by atoms with Crippen molar-refractivity contribution < 1.29 is 4.79 Å². The first-order valence-corrected chi connectivity index (χ1v) is 7.88. The van der Waals surface area contributed by atoms with Crippen LogP contribution in [0, 0.1) is 5.41 Å². The maximum absolute atomic E-state index is 11.3. The van der Waals surface area contributed by atoms with Crippen LogP contribution in [0.5, 0.6) is 0 Å². The molecule has 106 valence electrons. The molecule has 1 aromatic rings. The molecule has 0 aliphatic carbocycles. The van der Waals surface area contributed by atoms with Crippen LogP contribution in [0.3, 0.4) is 0 Å². The number of aromatic nitrogens is 1. The van der Waals surface area contributed by atoms with E-state index in [2.05, 4.69) is 28.6 Å². The molecule has 0 N–H and O–H groups in total. The van der Waals surface area contributed by atoms with Crippen LogP contribution in [0.15, 0.2) is 11.6 Å². The smallest absolute Gasteiger partial charge is 0.185 e. The Balaban J connectivity index is 1.84. The van der Waals surface area contributed by atoms with Gasteiger partial charge in [0.1, 0.15) is 6.29 Å². The lowest BCUT2D eigenvalue weighted by Crippen LogP contribution is -2.49. The highest BCUT2D eigenvalue weighted by Crippen LogP contribution is 2.24. The Morgan fingerprint density at radius 2 is 2.16 bits per heavy atom. The van der Waals surface area contributed by atoms with Gasteiger partial charge in [0.25, 0.3) is 0 Å². The Hall–Kier alpha value is -0.940. The molecule has 1 saturated heterocycles. The molecular weight excluding hydrogens is 258 g/mol. The third-order valence-corrected chi connectivity index (χ3v) is 4.58. The summed E-state index contributed by atoms with van der Waals surface area (Å²) in [4.78, 5) is 20.4. The Morgan fingerprint density at radius 1 is 1.42 bits per heavy atom. The molecule has 1 atom stereocenters. The van der Waals surface area contributed by atoms with E-state index in [1.807, 2.05) is 11.6 Å². The molecular formula is C14H23N3OS. The molecule has 0 spiro atoms. The van der Waals surface area contributed by atoms with E-state index < -0.39 is 0 Å².